The van der Waals surface area contributed by atoms with Gasteiger partial charge in [-0.05, 0) is 31.5 Å². The highest BCUT2D eigenvalue weighted by Gasteiger charge is 2.29. The fraction of sp³-hybridized carbons (Fsp3) is 0.300. The second-order valence-corrected chi connectivity index (χ2v) is 7.73. The molecular formula is C20H20ClN7O. The zero-order chi connectivity index (χ0) is 20.0. The number of nitrogens with zero attached hydrogens (tertiary/aromatic N) is 6. The summed E-state index contributed by atoms with van der Waals surface area (Å²) in [5.41, 5.74) is 4.54. The largest absolute Gasteiger partial charge is 0.367 e. The van der Waals surface area contributed by atoms with Crippen molar-refractivity contribution in [3.8, 4) is 11.4 Å². The topological polar surface area (TPSA) is 84.2 Å². The average molecular weight is 410 g/mol. The Hall–Kier alpha value is -2.97. The first-order valence-electron chi connectivity index (χ1n) is 9.44. The third-order valence-corrected chi connectivity index (χ3v) is 5.33. The Kier molecular flexibility index (Phi) is 4.44. The second kappa shape index (κ2) is 7.13. The lowest BCUT2D eigenvalue weighted by Crippen LogP contribution is -2.43. The van der Waals surface area contributed by atoms with Gasteiger partial charge >= 0.3 is 0 Å². The molecule has 1 N–H and O–H groups in total. The van der Waals surface area contributed by atoms with E-state index in [0.29, 0.717) is 17.5 Å². The number of pyridine rings is 1. The van der Waals surface area contributed by atoms with Crippen LogP contribution in [0.25, 0.3) is 17.0 Å². The van der Waals surface area contributed by atoms with Crippen LogP contribution in [0.5, 0.6) is 0 Å². The molecule has 0 saturated carbocycles. The van der Waals surface area contributed by atoms with E-state index in [0.717, 1.165) is 34.7 Å². The minimum atomic E-state index is -0.0829. The van der Waals surface area contributed by atoms with Gasteiger partial charge in [0, 0.05) is 30.7 Å². The lowest BCUT2D eigenvalue weighted by atomic mass is 10.1. The van der Waals surface area contributed by atoms with Gasteiger partial charge < -0.3 is 9.64 Å². The Balaban J connectivity index is 1.53. The molecule has 9 heteroatoms. The van der Waals surface area contributed by atoms with Crippen LogP contribution in [-0.2, 0) is 4.74 Å². The third-order valence-electron chi connectivity index (χ3n) is 5.11. The van der Waals surface area contributed by atoms with Gasteiger partial charge in [0.2, 0.25) is 5.95 Å². The van der Waals surface area contributed by atoms with Crippen molar-refractivity contribution in [2.75, 3.05) is 18.0 Å². The van der Waals surface area contributed by atoms with E-state index in [1.807, 2.05) is 48.2 Å². The van der Waals surface area contributed by atoms with E-state index in [4.69, 9.17) is 21.3 Å². The van der Waals surface area contributed by atoms with E-state index in [1.165, 1.54) is 0 Å². The summed E-state index contributed by atoms with van der Waals surface area (Å²) in [6.45, 7) is 5.43. The van der Waals surface area contributed by atoms with E-state index < -0.39 is 0 Å². The first kappa shape index (κ1) is 18.1. The van der Waals surface area contributed by atoms with Crippen molar-refractivity contribution in [3.63, 3.8) is 0 Å². The van der Waals surface area contributed by atoms with Gasteiger partial charge in [0.25, 0.3) is 0 Å². The summed E-state index contributed by atoms with van der Waals surface area (Å²) in [7, 11) is 0. The maximum Gasteiger partial charge on any atom is 0.226 e. The molecule has 5 heterocycles. The molecule has 0 radical (unpaired) electrons. The van der Waals surface area contributed by atoms with Gasteiger partial charge in [0.1, 0.15) is 11.8 Å². The van der Waals surface area contributed by atoms with Crippen molar-refractivity contribution < 1.29 is 4.74 Å². The number of aromatic amines is 1. The third kappa shape index (κ3) is 3.34. The molecule has 1 fully saturated rings. The molecule has 0 amide bonds. The number of fused-ring (bicyclic) bond motifs is 1. The van der Waals surface area contributed by atoms with E-state index in [9.17, 15) is 0 Å². The minimum absolute atomic E-state index is 0.0478. The van der Waals surface area contributed by atoms with Gasteiger partial charge in [-0.25, -0.2) is 15.0 Å². The average Bonchev–Trinajstić information content (AvgIpc) is 3.38. The van der Waals surface area contributed by atoms with Crippen LogP contribution in [0, 0.1) is 6.92 Å². The number of anilines is 1. The van der Waals surface area contributed by atoms with E-state index in [2.05, 4.69) is 32.0 Å². The summed E-state index contributed by atoms with van der Waals surface area (Å²) >= 11 is 6.20. The first-order valence-corrected chi connectivity index (χ1v) is 9.82. The van der Waals surface area contributed by atoms with E-state index in [1.54, 1.807) is 6.20 Å². The number of morpholine rings is 1. The fourth-order valence-electron chi connectivity index (χ4n) is 3.71. The molecule has 148 valence electrons. The van der Waals surface area contributed by atoms with Crippen LogP contribution in [0.4, 0.5) is 5.95 Å². The monoisotopic (exact) mass is 409 g/mol. The van der Waals surface area contributed by atoms with Crippen LogP contribution in [0.1, 0.15) is 24.2 Å². The molecule has 0 aliphatic carbocycles. The number of rotatable bonds is 3. The number of nitrogens with one attached hydrogen (secondary N) is 1. The zero-order valence-corrected chi connectivity index (χ0v) is 16.8. The number of imidazole rings is 1. The summed E-state index contributed by atoms with van der Waals surface area (Å²) in [5, 5.41) is 7.54. The minimum Gasteiger partial charge on any atom is -0.367 e. The lowest BCUT2D eigenvalue weighted by molar-refractivity contribution is -0.0178. The number of H-pyrrole nitrogens is 1. The fourth-order valence-corrected chi connectivity index (χ4v) is 3.87. The number of aromatic nitrogens is 6. The molecule has 0 aromatic carbocycles. The molecule has 5 rings (SSSR count). The Morgan fingerprint density at radius 1 is 1.17 bits per heavy atom. The van der Waals surface area contributed by atoms with Gasteiger partial charge in [-0.1, -0.05) is 11.6 Å². The molecule has 1 saturated heterocycles. The number of hydrogen-bond acceptors (Lipinski definition) is 6. The normalized spacial score (nSPS) is 19.8. The van der Waals surface area contributed by atoms with Crippen LogP contribution < -0.4 is 4.90 Å². The summed E-state index contributed by atoms with van der Waals surface area (Å²) in [6, 6.07) is 3.72. The number of aryl methyl sites for hydroxylation is 1. The van der Waals surface area contributed by atoms with Crippen LogP contribution >= 0.6 is 11.6 Å². The molecule has 2 atom stereocenters. The van der Waals surface area contributed by atoms with Crippen LogP contribution in [0.15, 0.2) is 43.1 Å². The molecule has 1 aliphatic heterocycles. The van der Waals surface area contributed by atoms with Gasteiger partial charge in [-0.2, -0.15) is 5.10 Å². The maximum atomic E-state index is 6.20. The molecule has 8 nitrogen and oxygen atoms in total. The summed E-state index contributed by atoms with van der Waals surface area (Å²) in [5.74, 6) is 0.672. The van der Waals surface area contributed by atoms with Crippen LogP contribution in [-0.4, -0.2) is 48.7 Å². The van der Waals surface area contributed by atoms with Crippen LogP contribution in [0.3, 0.4) is 0 Å². The first-order chi connectivity index (χ1) is 14.1. The summed E-state index contributed by atoms with van der Waals surface area (Å²) < 4.78 is 8.05. The Bertz CT molecular complexity index is 1160. The quantitative estimate of drug-likeness (QED) is 0.558. The van der Waals surface area contributed by atoms with Gasteiger partial charge in [0.15, 0.2) is 0 Å². The van der Waals surface area contributed by atoms with Gasteiger partial charge in [0.05, 0.1) is 41.5 Å². The predicted octanol–water partition coefficient (Wildman–Crippen LogP) is 3.44. The van der Waals surface area contributed by atoms with Crippen molar-refractivity contribution in [1.82, 2.24) is 29.5 Å². The van der Waals surface area contributed by atoms with Gasteiger partial charge in [-0.15, -0.1) is 0 Å². The molecule has 0 spiro atoms. The molecule has 0 unspecified atom stereocenters. The highest BCUT2D eigenvalue weighted by atomic mass is 35.5. The lowest BCUT2D eigenvalue weighted by Gasteiger charge is -2.36. The molecule has 1 aliphatic rings. The zero-order valence-electron chi connectivity index (χ0n) is 16.1. The molecule has 0 bridgehead atoms. The van der Waals surface area contributed by atoms with Crippen molar-refractivity contribution in [2.24, 2.45) is 0 Å². The summed E-state index contributed by atoms with van der Waals surface area (Å²) in [4.78, 5) is 16.1. The Labute approximate surface area is 172 Å². The van der Waals surface area contributed by atoms with Gasteiger partial charge in [-0.3, -0.25) is 9.50 Å². The number of halogens is 1. The van der Waals surface area contributed by atoms with Crippen LogP contribution in [0.2, 0.25) is 5.02 Å². The van der Waals surface area contributed by atoms with Crippen molar-refractivity contribution in [3.05, 3.63) is 59.3 Å². The number of hydrogen-bond donors (Lipinski definition) is 1. The Morgan fingerprint density at radius 3 is 2.90 bits per heavy atom. The highest BCUT2D eigenvalue weighted by molar-refractivity contribution is 6.30. The highest BCUT2D eigenvalue weighted by Crippen LogP contribution is 2.29. The predicted molar refractivity (Wildman–Crippen MR) is 110 cm³/mol. The van der Waals surface area contributed by atoms with Crippen molar-refractivity contribution in [2.45, 2.75) is 26.1 Å². The van der Waals surface area contributed by atoms with E-state index in [-0.39, 0.29) is 12.2 Å². The maximum absolute atomic E-state index is 6.20. The standard InChI is InChI=1S/C20H20ClN7O/c1-12-5-23-20(27-9-13(2)29-17(11-27)14-6-24-25-7-14)26-19(12)16-8-22-18-4-3-15(21)10-28(16)18/h3-8,10,13,17H,9,11H2,1-2H3,(H,24,25)/t13-,17+/m1/s1. The molecular weight excluding hydrogens is 390 g/mol. The SMILES string of the molecule is Cc1cnc(N2C[C@@H](C)O[C@H](c3cn[nH]c3)C2)nc1-c1cnc2ccc(Cl)cn12. The van der Waals surface area contributed by atoms with Crippen molar-refractivity contribution >= 4 is 23.2 Å². The van der Waals surface area contributed by atoms with Crippen molar-refractivity contribution in [1.29, 1.82) is 0 Å². The Morgan fingerprint density at radius 2 is 2.07 bits per heavy atom. The van der Waals surface area contributed by atoms with E-state index >= 15 is 0 Å². The summed E-state index contributed by atoms with van der Waals surface area (Å²) in [6.07, 6.45) is 9.16. The smallest absolute Gasteiger partial charge is 0.226 e. The molecule has 29 heavy (non-hydrogen) atoms. The second-order valence-electron chi connectivity index (χ2n) is 7.29. The molecule has 4 aromatic heterocycles. The number of ether oxygens (including phenoxy) is 1. The molecule has 4 aromatic rings.